The zero-order valence-electron chi connectivity index (χ0n) is 42.0. The normalized spacial score (nSPS) is 11.4. The minimum atomic E-state index is -0.909. The van der Waals surface area contributed by atoms with E-state index in [1.165, 1.54) is 46.3 Å². The fourth-order valence-corrected chi connectivity index (χ4v) is 6.18. The van der Waals surface area contributed by atoms with E-state index < -0.39 is 5.97 Å². The molecule has 0 aromatic carbocycles. The molecular formula is C49H96ClKO12. The Hall–Kier alpha value is -0.774. The fourth-order valence-electron chi connectivity index (χ4n) is 6.18. The first-order chi connectivity index (χ1) is 28.5. The van der Waals surface area contributed by atoms with Crippen LogP contribution in [0, 0.1) is 11.8 Å². The van der Waals surface area contributed by atoms with Gasteiger partial charge in [0.1, 0.15) is 17.3 Å². The smallest absolute Gasteiger partial charge is 0.870 e. The number of ether oxygens (including phenoxy) is 2. The zero-order valence-corrected chi connectivity index (χ0v) is 45.9. The van der Waals surface area contributed by atoms with Crippen molar-refractivity contribution in [2.45, 2.75) is 253 Å². The van der Waals surface area contributed by atoms with Crippen LogP contribution in [-0.4, -0.2) is 82.5 Å². The molecule has 0 spiro atoms. The molecule has 14 heteroatoms. The van der Waals surface area contributed by atoms with Gasteiger partial charge in [0.2, 0.25) is 0 Å². The van der Waals surface area contributed by atoms with Crippen molar-refractivity contribution in [2.75, 3.05) is 14.2 Å². The summed E-state index contributed by atoms with van der Waals surface area (Å²) in [5.74, 6) is 0.515. The van der Waals surface area contributed by atoms with Crippen molar-refractivity contribution >= 4 is 47.7 Å². The Morgan fingerprint density at radius 1 is 0.429 bits per heavy atom. The van der Waals surface area contributed by atoms with Crippen LogP contribution in [0.25, 0.3) is 0 Å². The Labute approximate surface area is 433 Å². The summed E-state index contributed by atoms with van der Waals surface area (Å²) in [5, 5.41) is 27.5. The Morgan fingerprint density at radius 3 is 1.00 bits per heavy atom. The number of hydrogen-bond donors (Lipinski definition) is 3. The van der Waals surface area contributed by atoms with Crippen molar-refractivity contribution in [1.82, 2.24) is 0 Å². The van der Waals surface area contributed by atoms with E-state index in [0.29, 0.717) is 32.1 Å². The maximum absolute atomic E-state index is 11.5. The van der Waals surface area contributed by atoms with Gasteiger partial charge < -0.3 is 30.3 Å². The van der Waals surface area contributed by atoms with Crippen molar-refractivity contribution in [3.8, 4) is 0 Å². The average molecular weight is 952 g/mol. The molecule has 0 amide bonds. The molecule has 0 radical (unpaired) electrons. The standard InChI is InChI=1S/C16H30O3.C15H28O4.C14H26O4.C4H10.ClH.K.H2O/c1-4-9-14(2)10-7-5-6-8-11-15(17)12-13-16(18)19-3;1-3-8-13(16)9-6-4-5-7-10-14(17)11-12-15(18)19-2;1-2-7-12(15)8-5-3-4-6-9-13(16)10-11-14(17)18;1-4(2)3;;;/h14H,4-13H2,1-3H3;13,16H,3-12H2,1-2H3;12,15H,2-11H2,1H3,(H,17,18);4H,1-3H3;1H;;1H2/q;;;;;+1;/p-1/t14-;13-;12-;;;;/m000..../s1. The van der Waals surface area contributed by atoms with Crippen LogP contribution in [0.1, 0.15) is 241 Å². The number of unbranched alkanes of at least 4 members (excludes halogenated alkanes) is 9. The van der Waals surface area contributed by atoms with E-state index in [1.807, 2.05) is 0 Å². The largest absolute Gasteiger partial charge is 1.00 e. The number of carbonyl (C=O) groups excluding carboxylic acids is 5. The van der Waals surface area contributed by atoms with E-state index in [-0.39, 0.29) is 136 Å². The van der Waals surface area contributed by atoms with E-state index in [9.17, 15) is 39.0 Å². The van der Waals surface area contributed by atoms with Crippen LogP contribution in [0.5, 0.6) is 0 Å². The SMILES string of the molecule is CC(C)C.CCC[C@H](C)CCCCCCC(=O)CCC(=O)OC.CCC[C@H](O)CCCCCCC(=O)CCC(=O)O.CCC[C@H](O)CCCCCCC(=O)CCC(=O)OC.Cl.[K+].[OH-]. The van der Waals surface area contributed by atoms with Crippen molar-refractivity contribution in [3.05, 3.63) is 0 Å². The molecule has 0 bridgehead atoms. The molecule has 0 aliphatic heterocycles. The van der Waals surface area contributed by atoms with Gasteiger partial charge in [-0.3, -0.25) is 28.8 Å². The van der Waals surface area contributed by atoms with Crippen LogP contribution in [-0.2, 0) is 38.2 Å². The molecule has 3 atom stereocenters. The van der Waals surface area contributed by atoms with Gasteiger partial charge in [0.05, 0.1) is 45.7 Å². The monoisotopic (exact) mass is 951 g/mol. The summed E-state index contributed by atoms with van der Waals surface area (Å²) in [4.78, 5) is 66.2. The van der Waals surface area contributed by atoms with Gasteiger partial charge >= 0.3 is 69.3 Å². The molecule has 0 heterocycles. The number of methoxy groups -OCH3 is 2. The number of aliphatic carboxylic acids is 1. The van der Waals surface area contributed by atoms with Gasteiger partial charge in [-0.1, -0.05) is 138 Å². The first-order valence-corrected chi connectivity index (χ1v) is 23.8. The van der Waals surface area contributed by atoms with E-state index in [0.717, 1.165) is 115 Å². The molecule has 0 fully saturated rings. The molecule has 0 saturated heterocycles. The molecule has 0 aliphatic carbocycles. The van der Waals surface area contributed by atoms with Crippen LogP contribution in [0.2, 0.25) is 0 Å². The predicted octanol–water partition coefficient (Wildman–Crippen LogP) is 9.13. The number of hydrogen-bond acceptors (Lipinski definition) is 11. The molecule has 0 aliphatic rings. The summed E-state index contributed by atoms with van der Waals surface area (Å²) >= 11 is 0. The summed E-state index contributed by atoms with van der Waals surface area (Å²) in [6.45, 7) is 15.2. The van der Waals surface area contributed by atoms with Gasteiger partial charge in [0, 0.05) is 38.5 Å². The van der Waals surface area contributed by atoms with E-state index in [4.69, 9.17) is 5.11 Å². The number of aliphatic hydroxyl groups is 2. The van der Waals surface area contributed by atoms with Crippen molar-refractivity contribution in [1.29, 1.82) is 0 Å². The molecular weight excluding hydrogens is 855 g/mol. The number of carboxylic acid groups (broad SMARTS) is 1. The second-order valence-corrected chi connectivity index (χ2v) is 17.0. The number of Topliss-reactive ketones (excluding diaryl/α,β-unsaturated/α-hetero) is 3. The van der Waals surface area contributed by atoms with Crippen LogP contribution in [0.3, 0.4) is 0 Å². The number of carboxylic acids is 1. The molecule has 0 aromatic rings. The summed E-state index contributed by atoms with van der Waals surface area (Å²) in [6, 6.07) is 0. The number of carbonyl (C=O) groups is 6. The Morgan fingerprint density at radius 2 is 0.714 bits per heavy atom. The van der Waals surface area contributed by atoms with Crippen molar-refractivity contribution in [2.24, 2.45) is 11.8 Å². The third kappa shape index (κ3) is 73.0. The van der Waals surface area contributed by atoms with Crippen molar-refractivity contribution < 1.29 is 110 Å². The minimum Gasteiger partial charge on any atom is -0.870 e. The molecule has 0 saturated carbocycles. The van der Waals surface area contributed by atoms with E-state index in [2.05, 4.69) is 57.9 Å². The second kappa shape index (κ2) is 59.2. The van der Waals surface area contributed by atoms with Gasteiger partial charge in [0.25, 0.3) is 0 Å². The van der Waals surface area contributed by atoms with Gasteiger partial charge in [-0.05, 0) is 56.8 Å². The maximum Gasteiger partial charge on any atom is 1.00 e. The van der Waals surface area contributed by atoms with Gasteiger partial charge in [-0.2, -0.15) is 0 Å². The first kappa shape index (κ1) is 76.5. The predicted molar refractivity (Wildman–Crippen MR) is 253 cm³/mol. The summed E-state index contributed by atoms with van der Waals surface area (Å²) in [6.07, 6.45) is 24.3. The molecule has 12 nitrogen and oxygen atoms in total. The first-order valence-electron chi connectivity index (χ1n) is 23.8. The third-order valence-electron chi connectivity index (χ3n) is 9.70. The Kier molecular flexibility index (Phi) is 71.9. The number of halogens is 1. The minimum absolute atomic E-state index is 0. The topological polar surface area (TPSA) is 212 Å². The number of aliphatic hydroxyl groups excluding tert-OH is 2. The van der Waals surface area contributed by atoms with E-state index in [1.54, 1.807) is 0 Å². The molecule has 0 unspecified atom stereocenters. The Balaban J connectivity index is -0.000000140. The van der Waals surface area contributed by atoms with Crippen molar-refractivity contribution in [3.63, 3.8) is 0 Å². The second-order valence-electron chi connectivity index (χ2n) is 17.0. The summed E-state index contributed by atoms with van der Waals surface area (Å²) in [7, 11) is 2.69. The van der Waals surface area contributed by atoms with Gasteiger partial charge in [-0.25, -0.2) is 0 Å². The molecule has 0 rings (SSSR count). The van der Waals surface area contributed by atoms with Crippen LogP contribution < -0.4 is 51.4 Å². The summed E-state index contributed by atoms with van der Waals surface area (Å²) in [5.41, 5.74) is 0. The van der Waals surface area contributed by atoms with Crippen LogP contribution in [0.15, 0.2) is 0 Å². The average Bonchev–Trinajstić information content (AvgIpc) is 3.19. The molecule has 4 N–H and O–H groups in total. The zero-order chi connectivity index (χ0) is 46.4. The maximum atomic E-state index is 11.5. The Bertz CT molecular complexity index is 989. The molecule has 372 valence electrons. The van der Waals surface area contributed by atoms with Gasteiger partial charge in [0.15, 0.2) is 0 Å². The van der Waals surface area contributed by atoms with Crippen LogP contribution >= 0.6 is 12.4 Å². The third-order valence-corrected chi connectivity index (χ3v) is 9.70. The number of esters is 2. The fraction of sp³-hybridized carbons (Fsp3) is 0.878. The van der Waals surface area contributed by atoms with Crippen LogP contribution in [0.4, 0.5) is 0 Å². The quantitative estimate of drug-likeness (QED) is 0.0305. The summed E-state index contributed by atoms with van der Waals surface area (Å²) < 4.78 is 8.99. The van der Waals surface area contributed by atoms with Gasteiger partial charge in [-0.15, -0.1) is 12.4 Å². The van der Waals surface area contributed by atoms with E-state index >= 15 is 0 Å². The number of ketones is 3. The molecule has 63 heavy (non-hydrogen) atoms. The molecule has 0 aromatic heterocycles. The number of rotatable bonds is 36.